The zero-order valence-electron chi connectivity index (χ0n) is 12.6. The van der Waals surface area contributed by atoms with Crippen molar-refractivity contribution in [2.45, 2.75) is 38.1 Å². The highest BCUT2D eigenvalue weighted by atomic mass is 35.5. The van der Waals surface area contributed by atoms with E-state index in [1.807, 2.05) is 0 Å². The minimum absolute atomic E-state index is 0.0324. The van der Waals surface area contributed by atoms with Crippen LogP contribution in [0, 0.1) is 0 Å². The Balaban J connectivity index is 3.10. The molecule has 12 heteroatoms. The standard InChI is InChI=1S/C13H11Cl2F7N2O/c1-6(2)25-10-7(3-8(14)4-9(10)15)5-23-24-13(21,22)11(16,17)12(18,19)20/h3-6,24H,1-2H3/b23-5-. The molecule has 0 aliphatic rings. The molecule has 0 bridgehead atoms. The largest absolute Gasteiger partial charge is 0.489 e. The van der Waals surface area contributed by atoms with E-state index in [9.17, 15) is 30.7 Å². The second kappa shape index (κ2) is 7.45. The number of hydrogen-bond donors (Lipinski definition) is 1. The minimum Gasteiger partial charge on any atom is -0.489 e. The third kappa shape index (κ3) is 5.04. The molecule has 0 radical (unpaired) electrons. The van der Waals surface area contributed by atoms with Crippen LogP contribution in [0.2, 0.25) is 10.0 Å². The summed E-state index contributed by atoms with van der Waals surface area (Å²) >= 11 is 11.6. The fraction of sp³-hybridized carbons (Fsp3) is 0.462. The number of hydrogen-bond acceptors (Lipinski definition) is 3. The van der Waals surface area contributed by atoms with E-state index >= 15 is 0 Å². The zero-order valence-corrected chi connectivity index (χ0v) is 14.1. The van der Waals surface area contributed by atoms with Crippen LogP contribution in [0.15, 0.2) is 17.2 Å². The van der Waals surface area contributed by atoms with Gasteiger partial charge < -0.3 is 4.74 Å². The van der Waals surface area contributed by atoms with E-state index in [-0.39, 0.29) is 21.4 Å². The van der Waals surface area contributed by atoms with Gasteiger partial charge in [0.05, 0.1) is 17.3 Å². The molecular formula is C13H11Cl2F7N2O. The van der Waals surface area contributed by atoms with Crippen molar-refractivity contribution in [3.8, 4) is 5.75 Å². The first-order valence-electron chi connectivity index (χ1n) is 6.47. The van der Waals surface area contributed by atoms with Crippen LogP contribution in [0.4, 0.5) is 30.7 Å². The smallest absolute Gasteiger partial charge is 0.462 e. The predicted octanol–water partition coefficient (Wildman–Crippen LogP) is 5.49. The summed E-state index contributed by atoms with van der Waals surface area (Å²) in [7, 11) is 0. The second-order valence-corrected chi connectivity index (χ2v) is 5.83. The average molecular weight is 415 g/mol. The molecule has 0 unspecified atom stereocenters. The summed E-state index contributed by atoms with van der Waals surface area (Å²) < 4.78 is 93.0. The van der Waals surface area contributed by atoms with E-state index in [4.69, 9.17) is 27.9 Å². The van der Waals surface area contributed by atoms with Gasteiger partial charge in [0, 0.05) is 10.6 Å². The molecule has 0 aliphatic carbocycles. The number of benzene rings is 1. The molecule has 1 N–H and O–H groups in total. The van der Waals surface area contributed by atoms with Crippen molar-refractivity contribution in [1.82, 2.24) is 5.43 Å². The summed E-state index contributed by atoms with van der Waals surface area (Å²) in [5, 5.41) is 2.75. The van der Waals surface area contributed by atoms with E-state index in [2.05, 4.69) is 5.10 Å². The second-order valence-electron chi connectivity index (χ2n) is 4.99. The topological polar surface area (TPSA) is 33.6 Å². The summed E-state index contributed by atoms with van der Waals surface area (Å²) in [6.45, 7) is 3.23. The molecule has 0 spiro atoms. The van der Waals surface area contributed by atoms with Crippen molar-refractivity contribution < 1.29 is 35.5 Å². The van der Waals surface area contributed by atoms with E-state index < -0.39 is 24.2 Å². The molecule has 0 fully saturated rings. The zero-order chi connectivity index (χ0) is 19.6. The van der Waals surface area contributed by atoms with Gasteiger partial charge in [0.25, 0.3) is 0 Å². The minimum atomic E-state index is -6.47. The maximum absolute atomic E-state index is 13.1. The van der Waals surface area contributed by atoms with Crippen LogP contribution in [-0.2, 0) is 0 Å². The molecule has 25 heavy (non-hydrogen) atoms. The fourth-order valence-electron chi connectivity index (χ4n) is 1.47. The van der Waals surface area contributed by atoms with Crippen LogP contribution < -0.4 is 10.2 Å². The molecule has 0 saturated carbocycles. The number of alkyl halides is 7. The van der Waals surface area contributed by atoms with Gasteiger partial charge in [0.1, 0.15) is 5.75 Å². The number of hydrazone groups is 1. The molecule has 0 aromatic heterocycles. The molecule has 0 amide bonds. The van der Waals surface area contributed by atoms with Crippen LogP contribution in [0.5, 0.6) is 5.75 Å². The molecule has 1 rings (SSSR count). The highest BCUT2D eigenvalue weighted by molar-refractivity contribution is 6.36. The summed E-state index contributed by atoms with van der Waals surface area (Å²) in [5.74, 6) is -6.39. The molecular weight excluding hydrogens is 404 g/mol. The van der Waals surface area contributed by atoms with Crippen molar-refractivity contribution in [3.63, 3.8) is 0 Å². The van der Waals surface area contributed by atoms with Gasteiger partial charge >= 0.3 is 18.1 Å². The first-order chi connectivity index (χ1) is 11.2. The van der Waals surface area contributed by atoms with Crippen LogP contribution >= 0.6 is 23.2 Å². The number of nitrogens with one attached hydrogen (secondary N) is 1. The van der Waals surface area contributed by atoms with Gasteiger partial charge in [0.2, 0.25) is 0 Å². The maximum atomic E-state index is 13.1. The van der Waals surface area contributed by atoms with E-state index in [0.29, 0.717) is 11.6 Å². The van der Waals surface area contributed by atoms with Crippen molar-refractivity contribution >= 4 is 29.4 Å². The van der Waals surface area contributed by atoms with Crippen molar-refractivity contribution in [2.75, 3.05) is 0 Å². The fourth-order valence-corrected chi connectivity index (χ4v) is 2.02. The van der Waals surface area contributed by atoms with Gasteiger partial charge in [-0.2, -0.15) is 35.8 Å². The molecule has 142 valence electrons. The summed E-state index contributed by atoms with van der Waals surface area (Å²) in [4.78, 5) is 0. The SMILES string of the molecule is CC(C)Oc1c(Cl)cc(Cl)cc1/C=N\NC(F)(F)C(F)(F)C(F)(F)F. The summed E-state index contributed by atoms with van der Waals surface area (Å²) in [5.41, 5.74) is 0.392. The molecule has 0 aliphatic heterocycles. The third-order valence-electron chi connectivity index (χ3n) is 2.55. The third-order valence-corrected chi connectivity index (χ3v) is 3.05. The maximum Gasteiger partial charge on any atom is 0.462 e. The van der Waals surface area contributed by atoms with Gasteiger partial charge in [-0.25, -0.2) is 5.43 Å². The molecule has 0 saturated heterocycles. The highest BCUT2D eigenvalue weighted by Gasteiger charge is 2.73. The lowest BCUT2D eigenvalue weighted by molar-refractivity contribution is -0.361. The molecule has 1 aromatic rings. The molecule has 1 aromatic carbocycles. The number of halogens is 9. The number of ether oxygens (including phenoxy) is 1. The Morgan fingerprint density at radius 1 is 1.08 bits per heavy atom. The van der Waals surface area contributed by atoms with Crippen LogP contribution in [0.1, 0.15) is 19.4 Å². The lowest BCUT2D eigenvalue weighted by Gasteiger charge is -2.27. The normalized spacial score (nSPS) is 13.6. The van der Waals surface area contributed by atoms with Crippen LogP contribution in [-0.4, -0.2) is 30.5 Å². The first-order valence-corrected chi connectivity index (χ1v) is 7.23. The molecule has 0 heterocycles. The average Bonchev–Trinajstić information content (AvgIpc) is 2.40. The predicted molar refractivity (Wildman–Crippen MR) is 78.9 cm³/mol. The quantitative estimate of drug-likeness (QED) is 0.289. The Morgan fingerprint density at radius 3 is 2.12 bits per heavy atom. The van der Waals surface area contributed by atoms with E-state index in [1.54, 1.807) is 13.8 Å². The summed E-state index contributed by atoms with van der Waals surface area (Å²) in [6, 6.07) is -3.27. The van der Waals surface area contributed by atoms with E-state index in [0.717, 1.165) is 6.07 Å². The van der Waals surface area contributed by atoms with Crippen LogP contribution in [0.3, 0.4) is 0 Å². The van der Waals surface area contributed by atoms with Gasteiger partial charge in [-0.15, -0.1) is 0 Å². The molecule has 0 atom stereocenters. The highest BCUT2D eigenvalue weighted by Crippen LogP contribution is 2.45. The Bertz CT molecular complexity index is 648. The van der Waals surface area contributed by atoms with Gasteiger partial charge in [-0.1, -0.05) is 23.2 Å². The Kier molecular flexibility index (Phi) is 6.44. The monoisotopic (exact) mass is 414 g/mol. The lowest BCUT2D eigenvalue weighted by Crippen LogP contribution is -2.58. The number of rotatable bonds is 6. The molecule has 3 nitrogen and oxygen atoms in total. The Morgan fingerprint density at radius 2 is 1.64 bits per heavy atom. The first kappa shape index (κ1) is 21.6. The van der Waals surface area contributed by atoms with Crippen molar-refractivity contribution in [1.29, 1.82) is 0 Å². The van der Waals surface area contributed by atoms with Crippen LogP contribution in [0.25, 0.3) is 0 Å². The van der Waals surface area contributed by atoms with E-state index in [1.165, 1.54) is 6.07 Å². The van der Waals surface area contributed by atoms with Gasteiger partial charge in [0.15, 0.2) is 0 Å². The summed E-state index contributed by atoms with van der Waals surface area (Å²) in [6.07, 6.45) is -6.34. The number of nitrogens with zero attached hydrogens (tertiary/aromatic N) is 1. The van der Waals surface area contributed by atoms with Crippen molar-refractivity contribution in [2.24, 2.45) is 5.10 Å². The Hall–Kier alpha value is -1.42. The van der Waals surface area contributed by atoms with Gasteiger partial charge in [-0.3, -0.25) is 0 Å². The Labute approximate surface area is 147 Å². The lowest BCUT2D eigenvalue weighted by atomic mass is 10.2. The van der Waals surface area contributed by atoms with Crippen molar-refractivity contribution in [3.05, 3.63) is 27.7 Å². The van der Waals surface area contributed by atoms with Gasteiger partial charge in [-0.05, 0) is 26.0 Å².